The van der Waals surface area contributed by atoms with Gasteiger partial charge in [0.1, 0.15) is 0 Å². The van der Waals surface area contributed by atoms with Gasteiger partial charge in [-0.2, -0.15) is 4.31 Å². The first-order valence-corrected chi connectivity index (χ1v) is 9.68. The number of guanidine groups is 1. The maximum Gasteiger partial charge on any atom is 0.215 e. The molecule has 0 saturated carbocycles. The van der Waals surface area contributed by atoms with E-state index < -0.39 is 10.0 Å². The number of hydrogen-bond acceptors (Lipinski definition) is 4. The molecule has 0 atom stereocenters. The van der Waals surface area contributed by atoms with Gasteiger partial charge in [-0.1, -0.05) is 29.8 Å². The Labute approximate surface area is 144 Å². The van der Waals surface area contributed by atoms with Gasteiger partial charge in [-0.3, -0.25) is 4.99 Å². The van der Waals surface area contributed by atoms with Gasteiger partial charge >= 0.3 is 0 Å². The third-order valence-corrected chi connectivity index (χ3v) is 5.69. The van der Waals surface area contributed by atoms with Gasteiger partial charge in [-0.05, 0) is 12.5 Å². The van der Waals surface area contributed by atoms with E-state index in [1.807, 2.05) is 6.92 Å². The second-order valence-corrected chi connectivity index (χ2v) is 7.75. The number of hydrogen-bond donors (Lipinski definition) is 2. The summed E-state index contributed by atoms with van der Waals surface area (Å²) in [6.07, 6.45) is 0. The Hall–Kier alpha value is -1.64. The molecule has 1 aromatic rings. The van der Waals surface area contributed by atoms with Crippen LogP contribution < -0.4 is 10.6 Å². The predicted molar refractivity (Wildman–Crippen MR) is 95.6 cm³/mol. The van der Waals surface area contributed by atoms with Crippen molar-refractivity contribution in [2.24, 2.45) is 4.99 Å². The standard InChI is InChI=1S/C16H26N4O3S/c1-14-3-5-15(6-4-14)13-19-16(17-2)18-7-12-24(21,22)20-8-10-23-11-9-20/h3-6H,7-13H2,1-2H3,(H2,17,18,19). The molecule has 0 aromatic heterocycles. The van der Waals surface area contributed by atoms with Crippen LogP contribution in [0, 0.1) is 6.92 Å². The second kappa shape index (κ2) is 9.00. The fourth-order valence-electron chi connectivity index (χ4n) is 2.36. The van der Waals surface area contributed by atoms with Crippen LogP contribution in [0.15, 0.2) is 29.3 Å². The van der Waals surface area contributed by atoms with Crippen LogP contribution in [0.4, 0.5) is 0 Å². The summed E-state index contributed by atoms with van der Waals surface area (Å²) in [6.45, 7) is 4.79. The number of aryl methyl sites for hydroxylation is 1. The Morgan fingerprint density at radius 1 is 1.21 bits per heavy atom. The summed E-state index contributed by atoms with van der Waals surface area (Å²) in [5.74, 6) is 0.630. The van der Waals surface area contributed by atoms with Crippen LogP contribution in [-0.4, -0.2) is 64.3 Å². The average Bonchev–Trinajstić information content (AvgIpc) is 2.60. The minimum Gasteiger partial charge on any atom is -0.379 e. The Kier molecular flexibility index (Phi) is 7.01. The van der Waals surface area contributed by atoms with Crippen LogP contribution in [0.3, 0.4) is 0 Å². The zero-order valence-corrected chi connectivity index (χ0v) is 15.1. The lowest BCUT2D eigenvalue weighted by Crippen LogP contribution is -2.45. The number of sulfonamides is 1. The first kappa shape index (κ1) is 18.7. The normalized spacial score (nSPS) is 16.8. The molecule has 0 spiro atoms. The Morgan fingerprint density at radius 2 is 1.88 bits per heavy atom. The highest BCUT2D eigenvalue weighted by molar-refractivity contribution is 7.89. The number of nitrogens with zero attached hydrogens (tertiary/aromatic N) is 2. The number of ether oxygens (including phenoxy) is 1. The summed E-state index contributed by atoms with van der Waals surface area (Å²) in [7, 11) is -1.58. The summed E-state index contributed by atoms with van der Waals surface area (Å²) < 4.78 is 31.1. The van der Waals surface area contributed by atoms with Crippen molar-refractivity contribution in [3.05, 3.63) is 35.4 Å². The zero-order valence-electron chi connectivity index (χ0n) is 14.3. The SMILES string of the molecule is CN=C(NCCS(=O)(=O)N1CCOCC1)NCc1ccc(C)cc1. The smallest absolute Gasteiger partial charge is 0.215 e. The average molecular weight is 354 g/mol. The van der Waals surface area contributed by atoms with Gasteiger partial charge in [0.2, 0.25) is 10.0 Å². The van der Waals surface area contributed by atoms with Crippen molar-refractivity contribution in [3.63, 3.8) is 0 Å². The van der Waals surface area contributed by atoms with Crippen LogP contribution >= 0.6 is 0 Å². The number of aliphatic imine (C=N–C) groups is 1. The predicted octanol–water partition coefficient (Wildman–Crippen LogP) is 0.322. The van der Waals surface area contributed by atoms with E-state index in [-0.39, 0.29) is 5.75 Å². The molecule has 0 bridgehead atoms. The quantitative estimate of drug-likeness (QED) is 0.568. The van der Waals surface area contributed by atoms with Crippen LogP contribution in [0.25, 0.3) is 0 Å². The van der Waals surface area contributed by atoms with Gasteiger partial charge in [-0.15, -0.1) is 0 Å². The Balaban J connectivity index is 1.75. The third-order valence-electron chi connectivity index (χ3n) is 3.82. The maximum atomic E-state index is 12.2. The van der Waals surface area contributed by atoms with E-state index in [1.54, 1.807) is 7.05 Å². The lowest BCUT2D eigenvalue weighted by molar-refractivity contribution is 0.0730. The van der Waals surface area contributed by atoms with Crippen LogP contribution in [0.2, 0.25) is 0 Å². The topological polar surface area (TPSA) is 83.0 Å². The third kappa shape index (κ3) is 5.77. The minimum absolute atomic E-state index is 0.0399. The van der Waals surface area contributed by atoms with E-state index in [0.29, 0.717) is 45.4 Å². The van der Waals surface area contributed by atoms with Gasteiger partial charge in [0.25, 0.3) is 0 Å². The molecule has 2 rings (SSSR count). The molecule has 1 aliphatic heterocycles. The molecule has 1 saturated heterocycles. The van der Waals surface area contributed by atoms with Crippen molar-refractivity contribution in [1.82, 2.24) is 14.9 Å². The highest BCUT2D eigenvalue weighted by Gasteiger charge is 2.23. The fourth-order valence-corrected chi connectivity index (χ4v) is 3.69. The molecule has 0 aliphatic carbocycles. The minimum atomic E-state index is -3.25. The number of nitrogens with one attached hydrogen (secondary N) is 2. The number of rotatable bonds is 6. The molecule has 1 aliphatic rings. The van der Waals surface area contributed by atoms with Crippen molar-refractivity contribution >= 4 is 16.0 Å². The summed E-state index contributed by atoms with van der Waals surface area (Å²) in [5.41, 5.74) is 2.36. The molecule has 2 N–H and O–H groups in total. The zero-order chi connectivity index (χ0) is 17.4. The molecule has 1 fully saturated rings. The lowest BCUT2D eigenvalue weighted by atomic mass is 10.1. The van der Waals surface area contributed by atoms with Gasteiger partial charge < -0.3 is 15.4 Å². The molecule has 0 unspecified atom stereocenters. The molecule has 8 heteroatoms. The fraction of sp³-hybridized carbons (Fsp3) is 0.562. The summed E-state index contributed by atoms with van der Waals surface area (Å²) >= 11 is 0. The Bertz CT molecular complexity index is 638. The number of benzene rings is 1. The summed E-state index contributed by atoms with van der Waals surface area (Å²) in [5, 5.41) is 6.23. The molecular weight excluding hydrogens is 328 g/mol. The van der Waals surface area contributed by atoms with E-state index in [9.17, 15) is 8.42 Å². The number of morpholine rings is 1. The van der Waals surface area contributed by atoms with E-state index in [0.717, 1.165) is 5.56 Å². The summed E-state index contributed by atoms with van der Waals surface area (Å²) in [4.78, 5) is 4.12. The van der Waals surface area contributed by atoms with Crippen molar-refractivity contribution in [1.29, 1.82) is 0 Å². The van der Waals surface area contributed by atoms with E-state index in [1.165, 1.54) is 9.87 Å². The monoisotopic (exact) mass is 354 g/mol. The van der Waals surface area contributed by atoms with E-state index in [4.69, 9.17) is 4.74 Å². The first-order chi connectivity index (χ1) is 11.5. The van der Waals surface area contributed by atoms with Gasteiger partial charge in [0.15, 0.2) is 5.96 Å². The first-order valence-electron chi connectivity index (χ1n) is 8.07. The van der Waals surface area contributed by atoms with Crippen LogP contribution in [0.5, 0.6) is 0 Å². The molecule has 0 amide bonds. The second-order valence-electron chi connectivity index (χ2n) is 5.67. The molecular formula is C16H26N4O3S. The van der Waals surface area contributed by atoms with Crippen molar-refractivity contribution < 1.29 is 13.2 Å². The molecule has 0 radical (unpaired) electrons. The van der Waals surface area contributed by atoms with Gasteiger partial charge in [0.05, 0.1) is 19.0 Å². The van der Waals surface area contributed by atoms with Crippen LogP contribution in [-0.2, 0) is 21.3 Å². The lowest BCUT2D eigenvalue weighted by Gasteiger charge is -2.26. The van der Waals surface area contributed by atoms with E-state index >= 15 is 0 Å². The van der Waals surface area contributed by atoms with E-state index in [2.05, 4.69) is 39.9 Å². The molecule has 134 valence electrons. The van der Waals surface area contributed by atoms with Crippen molar-refractivity contribution in [2.45, 2.75) is 13.5 Å². The van der Waals surface area contributed by atoms with Crippen LogP contribution in [0.1, 0.15) is 11.1 Å². The van der Waals surface area contributed by atoms with Gasteiger partial charge in [-0.25, -0.2) is 8.42 Å². The van der Waals surface area contributed by atoms with Gasteiger partial charge in [0, 0.05) is 33.2 Å². The summed E-state index contributed by atoms with van der Waals surface area (Å²) in [6, 6.07) is 8.22. The van der Waals surface area contributed by atoms with Crippen molar-refractivity contribution in [2.75, 3.05) is 45.6 Å². The Morgan fingerprint density at radius 3 is 2.50 bits per heavy atom. The van der Waals surface area contributed by atoms with Crippen molar-refractivity contribution in [3.8, 4) is 0 Å². The molecule has 1 heterocycles. The molecule has 1 aromatic carbocycles. The highest BCUT2D eigenvalue weighted by Crippen LogP contribution is 2.05. The largest absolute Gasteiger partial charge is 0.379 e. The molecule has 24 heavy (non-hydrogen) atoms. The maximum absolute atomic E-state index is 12.2. The molecule has 7 nitrogen and oxygen atoms in total. The highest BCUT2D eigenvalue weighted by atomic mass is 32.2.